The van der Waals surface area contributed by atoms with Gasteiger partial charge < -0.3 is 0 Å². The van der Waals surface area contributed by atoms with Crippen molar-refractivity contribution < 1.29 is 13.5 Å². The number of hydrogen-bond acceptors (Lipinski definition) is 0. The van der Waals surface area contributed by atoms with Crippen LogP contribution in [0.4, 0.5) is 0 Å². The molecular weight excluding hydrogens is 822 g/mol. The van der Waals surface area contributed by atoms with Crippen molar-refractivity contribution >= 4 is 39.3 Å². The molecule has 5 heteroatoms. The number of rotatable bonds is 8. The topological polar surface area (TPSA) is 0 Å². The third-order valence-corrected chi connectivity index (χ3v) is 27.0. The minimum absolute atomic E-state index is 0.0465. The Bertz CT molecular complexity index is 1110. The van der Waals surface area contributed by atoms with Crippen molar-refractivity contribution in [3.8, 4) is 0 Å². The van der Waals surface area contributed by atoms with Crippen molar-refractivity contribution in [2.45, 2.75) is 227 Å². The van der Waals surface area contributed by atoms with Crippen LogP contribution in [0.5, 0.6) is 0 Å². The average molecular weight is 901 g/mol. The SMILES string of the molecule is C1CCC([PH+](C2CCCCC2)C2CCCCC2)CC1.C1CCC([PH+](C2CCCCC2)C2CCCCC2)CC1.[Cl][Ru]([Cl])=[C](c1ccccc1)c1ccccc1. The second-order valence-electron chi connectivity index (χ2n) is 18.2. The van der Waals surface area contributed by atoms with Crippen LogP contribution in [0, 0.1) is 0 Å². The van der Waals surface area contributed by atoms with Crippen molar-refractivity contribution in [1.29, 1.82) is 0 Å². The van der Waals surface area contributed by atoms with Crippen molar-refractivity contribution in [2.24, 2.45) is 0 Å². The molecule has 6 aliphatic carbocycles. The maximum atomic E-state index is 6.18. The summed E-state index contributed by atoms with van der Waals surface area (Å²) in [6.07, 6.45) is 47.6. The molecule has 0 nitrogen and oxygen atoms in total. The standard InChI is InChI=1S/2C18H33P.C13H10.2ClH.Ru/c2*1-4-10-16(11-5-1)19(17-12-6-2-7-13-17)18-14-8-3-9-15-18;1-3-7-12(8-4-1)11-13-9-5-2-6-10-13;;;/h2*16-18H,1-15H2;1-10H;2*1H;/q;;;;;+2. The van der Waals surface area contributed by atoms with Crippen LogP contribution < -0.4 is 0 Å². The Morgan fingerprint density at radius 3 is 0.722 bits per heavy atom. The van der Waals surface area contributed by atoms with Crippen LogP contribution >= 0.6 is 35.2 Å². The van der Waals surface area contributed by atoms with Crippen LogP contribution in [0.2, 0.25) is 0 Å². The quantitative estimate of drug-likeness (QED) is 0.183. The first kappa shape index (κ1) is 43.9. The van der Waals surface area contributed by atoms with Gasteiger partial charge in [0.25, 0.3) is 0 Å². The predicted octanol–water partition coefficient (Wildman–Crippen LogP) is 16.6. The summed E-state index contributed by atoms with van der Waals surface area (Å²) in [4.78, 5) is 0. The van der Waals surface area contributed by atoms with Gasteiger partial charge >= 0.3 is 109 Å². The molecule has 0 N–H and O–H groups in total. The summed E-state index contributed by atoms with van der Waals surface area (Å²) >= 11 is -1.92. The Morgan fingerprint density at radius 2 is 0.537 bits per heavy atom. The van der Waals surface area contributed by atoms with E-state index in [4.69, 9.17) is 19.4 Å². The summed E-state index contributed by atoms with van der Waals surface area (Å²) in [7, 11) is 12.3. The molecule has 0 amide bonds. The fourth-order valence-electron chi connectivity index (χ4n) is 12.1. The Morgan fingerprint density at radius 1 is 0.333 bits per heavy atom. The molecule has 304 valence electrons. The van der Waals surface area contributed by atoms with Gasteiger partial charge in [-0.3, -0.25) is 0 Å². The van der Waals surface area contributed by atoms with Crippen LogP contribution in [-0.2, 0) is 13.5 Å². The third kappa shape index (κ3) is 13.7. The molecule has 0 atom stereocenters. The third-order valence-electron chi connectivity index (χ3n) is 14.6. The van der Waals surface area contributed by atoms with E-state index in [2.05, 4.69) is 0 Å². The van der Waals surface area contributed by atoms with Crippen LogP contribution in [0.25, 0.3) is 0 Å². The molecule has 2 aromatic rings. The van der Waals surface area contributed by atoms with Gasteiger partial charge in [-0.2, -0.15) is 0 Å². The molecule has 8 rings (SSSR count). The molecule has 0 bridgehead atoms. The van der Waals surface area contributed by atoms with E-state index in [9.17, 15) is 0 Å². The van der Waals surface area contributed by atoms with Gasteiger partial charge in [0, 0.05) is 15.8 Å². The van der Waals surface area contributed by atoms with E-state index in [1.165, 1.54) is 34.0 Å². The summed E-state index contributed by atoms with van der Waals surface area (Å²) < 4.78 is 1.09. The number of hydrogen-bond donors (Lipinski definition) is 0. The second kappa shape index (κ2) is 25.1. The first-order valence-corrected chi connectivity index (χ1v) is 32.2. The summed E-state index contributed by atoms with van der Waals surface area (Å²) in [6.45, 7) is 0. The summed E-state index contributed by atoms with van der Waals surface area (Å²) in [6, 6.07) is 20.2. The first-order valence-electron chi connectivity index (χ1n) is 23.4. The Labute approximate surface area is 348 Å². The Kier molecular flexibility index (Phi) is 20.4. The minimum atomic E-state index is -1.92. The molecule has 6 saturated carbocycles. The molecule has 6 fully saturated rings. The molecule has 0 aromatic heterocycles. The van der Waals surface area contributed by atoms with E-state index in [0.717, 1.165) is 15.2 Å². The van der Waals surface area contributed by atoms with Gasteiger partial charge in [-0.05, 0) is 154 Å². The molecule has 0 saturated heterocycles. The van der Waals surface area contributed by atoms with Gasteiger partial charge in [-0.25, -0.2) is 0 Å². The van der Waals surface area contributed by atoms with Crippen molar-refractivity contribution in [1.82, 2.24) is 0 Å². The van der Waals surface area contributed by atoms with Crippen LogP contribution in [-0.4, -0.2) is 38.1 Å². The predicted molar refractivity (Wildman–Crippen MR) is 246 cm³/mol. The maximum absolute atomic E-state index is 6.18. The molecule has 0 aliphatic heterocycles. The summed E-state index contributed by atoms with van der Waals surface area (Å²) in [5.41, 5.74) is 9.61. The van der Waals surface area contributed by atoms with E-state index in [-0.39, 0.29) is 15.8 Å². The molecule has 54 heavy (non-hydrogen) atoms. The van der Waals surface area contributed by atoms with Crippen molar-refractivity contribution in [3.63, 3.8) is 0 Å². The van der Waals surface area contributed by atoms with E-state index >= 15 is 0 Å². The zero-order valence-electron chi connectivity index (χ0n) is 34.1. The van der Waals surface area contributed by atoms with Gasteiger partial charge in [-0.1, -0.05) is 38.5 Å². The van der Waals surface area contributed by atoms with Crippen molar-refractivity contribution in [3.05, 3.63) is 71.8 Å². The van der Waals surface area contributed by atoms with Gasteiger partial charge in [0.15, 0.2) is 0 Å². The van der Waals surface area contributed by atoms with Gasteiger partial charge in [0.2, 0.25) is 0 Å². The van der Waals surface area contributed by atoms with E-state index < -0.39 is 13.5 Å². The monoisotopic (exact) mass is 900 g/mol. The van der Waals surface area contributed by atoms with E-state index in [1.807, 2.05) is 60.7 Å². The molecule has 0 unspecified atom stereocenters. The van der Waals surface area contributed by atoms with Crippen LogP contribution in [0.1, 0.15) is 204 Å². The molecule has 0 heterocycles. The van der Waals surface area contributed by atoms with Crippen LogP contribution in [0.15, 0.2) is 60.7 Å². The number of benzene rings is 2. The molecule has 6 aliphatic rings. The molecule has 0 spiro atoms. The Hall–Kier alpha value is 0.373. The number of halogens is 2. The fraction of sp³-hybridized carbons (Fsp3) is 0.735. The molecule has 0 radical (unpaired) electrons. The van der Waals surface area contributed by atoms with Crippen molar-refractivity contribution in [2.75, 3.05) is 0 Å². The fourth-order valence-corrected chi connectivity index (χ4v) is 25.7. The zero-order valence-corrected chi connectivity index (χ0v) is 39.3. The van der Waals surface area contributed by atoms with Gasteiger partial charge in [0.1, 0.15) is 0 Å². The molecular formula is C49H78Cl2P2Ru+2. The summed E-state index contributed by atoms with van der Waals surface area (Å²) in [5.74, 6) is 0. The molecule has 2 aromatic carbocycles. The Balaban J connectivity index is 0.000000139. The first-order chi connectivity index (χ1) is 26.7. The van der Waals surface area contributed by atoms with Gasteiger partial charge in [-0.15, -0.1) is 0 Å². The van der Waals surface area contributed by atoms with Crippen LogP contribution in [0.3, 0.4) is 0 Å². The zero-order chi connectivity index (χ0) is 37.2. The van der Waals surface area contributed by atoms with E-state index in [1.54, 1.807) is 193 Å². The second-order valence-corrected chi connectivity index (χ2v) is 30.9. The average Bonchev–Trinajstić information content (AvgIpc) is 3.25. The van der Waals surface area contributed by atoms with Gasteiger partial charge in [0.05, 0.1) is 34.0 Å². The van der Waals surface area contributed by atoms with E-state index in [0.29, 0.717) is 0 Å². The summed E-state index contributed by atoms with van der Waals surface area (Å²) in [5, 5.41) is 0. The normalized spacial score (nSPS) is 23.6.